The monoisotopic (exact) mass is 265 g/mol. The van der Waals surface area contributed by atoms with E-state index in [0.717, 1.165) is 11.1 Å². The van der Waals surface area contributed by atoms with Gasteiger partial charge in [-0.15, -0.1) is 0 Å². The van der Waals surface area contributed by atoms with Crippen molar-refractivity contribution in [2.45, 2.75) is 38.5 Å². The van der Waals surface area contributed by atoms with Crippen LogP contribution in [0.1, 0.15) is 30.6 Å². The minimum Gasteiger partial charge on any atom is -0.491 e. The van der Waals surface area contributed by atoms with Crippen LogP contribution in [0.2, 0.25) is 0 Å². The van der Waals surface area contributed by atoms with Gasteiger partial charge in [-0.25, -0.2) is 0 Å². The zero-order valence-electron chi connectivity index (χ0n) is 11.1. The third-order valence-corrected chi connectivity index (χ3v) is 3.27. The Labute approximate surface area is 112 Å². The Bertz CT molecular complexity index is 475. The second-order valence-electron chi connectivity index (χ2n) is 5.07. The van der Waals surface area contributed by atoms with E-state index in [2.05, 4.69) is 5.32 Å². The van der Waals surface area contributed by atoms with Crippen LogP contribution in [0.4, 0.5) is 0 Å². The number of fused-ring (bicyclic) bond motifs is 1. The summed E-state index contributed by atoms with van der Waals surface area (Å²) >= 11 is 0. The Balaban J connectivity index is 2.06. The fraction of sp³-hybridized carbons (Fsp3) is 0.500. The molecule has 0 radical (unpaired) electrons. The van der Waals surface area contributed by atoms with E-state index in [-0.39, 0.29) is 18.5 Å². The summed E-state index contributed by atoms with van der Waals surface area (Å²) < 4.78 is 5.62. The predicted octanol–water partition coefficient (Wildman–Crippen LogP) is 1.24. The van der Waals surface area contributed by atoms with Crippen molar-refractivity contribution in [2.24, 2.45) is 0 Å². The van der Waals surface area contributed by atoms with E-state index in [1.165, 1.54) is 0 Å². The predicted molar refractivity (Wildman–Crippen MR) is 70.3 cm³/mol. The van der Waals surface area contributed by atoms with E-state index in [0.29, 0.717) is 12.4 Å². The minimum absolute atomic E-state index is 0.0178. The number of aryl methyl sites for hydroxylation is 1. The Morgan fingerprint density at radius 2 is 2.32 bits per heavy atom. The zero-order valence-corrected chi connectivity index (χ0v) is 11.1. The van der Waals surface area contributed by atoms with Crippen molar-refractivity contribution in [3.8, 4) is 5.75 Å². The number of aliphatic hydroxyl groups is 1. The third-order valence-electron chi connectivity index (χ3n) is 3.27. The largest absolute Gasteiger partial charge is 0.491 e. The lowest BCUT2D eigenvalue weighted by Gasteiger charge is -2.32. The van der Waals surface area contributed by atoms with E-state index < -0.39 is 12.1 Å². The van der Waals surface area contributed by atoms with E-state index in [9.17, 15) is 9.90 Å². The van der Waals surface area contributed by atoms with Gasteiger partial charge in [0.2, 0.25) is 0 Å². The summed E-state index contributed by atoms with van der Waals surface area (Å²) in [5.74, 6) is -0.154. The number of rotatable bonds is 4. The summed E-state index contributed by atoms with van der Waals surface area (Å²) in [6.07, 6.45) is -0.662. The highest BCUT2D eigenvalue weighted by molar-refractivity contribution is 5.67. The fourth-order valence-electron chi connectivity index (χ4n) is 2.32. The Hall–Kier alpha value is -1.59. The number of aliphatic carboxylic acids is 1. The molecule has 0 aromatic heterocycles. The van der Waals surface area contributed by atoms with E-state index in [1.807, 2.05) is 25.1 Å². The molecule has 0 saturated carbocycles. The number of carboxylic acids is 1. The molecular formula is C14H19NO4. The normalized spacial score (nSPS) is 23.3. The highest BCUT2D eigenvalue weighted by Gasteiger charge is 2.30. The van der Waals surface area contributed by atoms with Crippen molar-refractivity contribution in [2.75, 3.05) is 6.61 Å². The number of carboxylic acid groups (broad SMARTS) is 1. The molecule has 5 nitrogen and oxygen atoms in total. The molecule has 5 heteroatoms. The fourth-order valence-corrected chi connectivity index (χ4v) is 2.32. The van der Waals surface area contributed by atoms with E-state index in [1.54, 1.807) is 6.92 Å². The summed E-state index contributed by atoms with van der Waals surface area (Å²) in [6, 6.07) is 5.17. The van der Waals surface area contributed by atoms with Gasteiger partial charge in [-0.2, -0.15) is 0 Å². The molecule has 0 saturated heterocycles. The summed E-state index contributed by atoms with van der Waals surface area (Å²) in [5, 5.41) is 22.1. The second-order valence-corrected chi connectivity index (χ2v) is 5.07. The van der Waals surface area contributed by atoms with Gasteiger partial charge in [0.15, 0.2) is 0 Å². The number of nitrogens with one attached hydrogen (secondary N) is 1. The van der Waals surface area contributed by atoms with Crippen molar-refractivity contribution in [3.63, 3.8) is 0 Å². The lowest BCUT2D eigenvalue weighted by Crippen LogP contribution is -2.47. The van der Waals surface area contributed by atoms with E-state index in [4.69, 9.17) is 9.84 Å². The second kappa shape index (κ2) is 5.59. The number of hydrogen-bond donors (Lipinski definition) is 3. The first kappa shape index (κ1) is 13.8. The maximum atomic E-state index is 10.6. The number of ether oxygens (including phenoxy) is 1. The number of hydrogen-bond acceptors (Lipinski definition) is 4. The average molecular weight is 265 g/mol. The highest BCUT2D eigenvalue weighted by atomic mass is 16.5. The van der Waals surface area contributed by atoms with Gasteiger partial charge in [-0.05, 0) is 25.5 Å². The molecular weight excluding hydrogens is 246 g/mol. The molecule has 104 valence electrons. The molecule has 1 aliphatic rings. The van der Waals surface area contributed by atoms with Crippen LogP contribution in [-0.2, 0) is 4.79 Å². The van der Waals surface area contributed by atoms with Crippen LogP contribution in [0.5, 0.6) is 5.75 Å². The maximum absolute atomic E-state index is 10.6. The van der Waals surface area contributed by atoms with Crippen molar-refractivity contribution >= 4 is 5.97 Å². The van der Waals surface area contributed by atoms with Crippen molar-refractivity contribution < 1.29 is 19.7 Å². The zero-order chi connectivity index (χ0) is 14.0. The first-order valence-electron chi connectivity index (χ1n) is 6.36. The topological polar surface area (TPSA) is 78.8 Å². The van der Waals surface area contributed by atoms with Gasteiger partial charge < -0.3 is 20.3 Å². The molecule has 1 aromatic carbocycles. The Morgan fingerprint density at radius 1 is 1.58 bits per heavy atom. The standard InChI is InChI=1S/C14H19NO4/c1-8-3-4-10-12(5-8)19-7-11(14(10)18)15-9(2)6-13(16)17/h3-5,9,11,14-15,18H,6-7H2,1-2H3,(H,16,17)/t9?,11-,14+/m0/s1. The molecule has 1 heterocycles. The number of carbonyl (C=O) groups is 1. The number of benzene rings is 1. The van der Waals surface area contributed by atoms with Crippen LogP contribution in [0.25, 0.3) is 0 Å². The molecule has 2 rings (SSSR count). The molecule has 0 aliphatic carbocycles. The summed E-state index contributed by atoms with van der Waals surface area (Å²) in [4.78, 5) is 10.6. The van der Waals surface area contributed by atoms with Crippen molar-refractivity contribution in [1.82, 2.24) is 5.32 Å². The third kappa shape index (κ3) is 3.24. The van der Waals surface area contributed by atoms with Gasteiger partial charge in [0, 0.05) is 11.6 Å². The molecule has 1 aromatic rings. The van der Waals surface area contributed by atoms with Crippen molar-refractivity contribution in [3.05, 3.63) is 29.3 Å². The lowest BCUT2D eigenvalue weighted by molar-refractivity contribution is -0.137. The summed E-state index contributed by atoms with van der Waals surface area (Å²) in [6.45, 7) is 4.09. The van der Waals surface area contributed by atoms with Gasteiger partial charge in [-0.3, -0.25) is 4.79 Å². The maximum Gasteiger partial charge on any atom is 0.304 e. The SMILES string of the molecule is Cc1ccc2c(c1)OC[C@H](NC(C)CC(=O)O)[C@@H]2O. The van der Waals surface area contributed by atoms with Crippen LogP contribution >= 0.6 is 0 Å². The van der Waals surface area contributed by atoms with E-state index >= 15 is 0 Å². The van der Waals surface area contributed by atoms with Gasteiger partial charge in [-0.1, -0.05) is 12.1 Å². The molecule has 1 aliphatic heterocycles. The molecule has 0 bridgehead atoms. The molecule has 0 amide bonds. The van der Waals surface area contributed by atoms with Crippen molar-refractivity contribution in [1.29, 1.82) is 0 Å². The molecule has 0 fully saturated rings. The molecule has 1 unspecified atom stereocenters. The van der Waals surface area contributed by atoms with Gasteiger partial charge >= 0.3 is 5.97 Å². The van der Waals surface area contributed by atoms with Gasteiger partial charge in [0.25, 0.3) is 0 Å². The number of aliphatic hydroxyl groups excluding tert-OH is 1. The molecule has 3 atom stereocenters. The Kier molecular flexibility index (Phi) is 4.07. The molecule has 3 N–H and O–H groups in total. The van der Waals surface area contributed by atoms with Crippen LogP contribution in [0.3, 0.4) is 0 Å². The first-order valence-corrected chi connectivity index (χ1v) is 6.36. The van der Waals surface area contributed by atoms with Crippen LogP contribution in [0, 0.1) is 6.92 Å². The van der Waals surface area contributed by atoms with Gasteiger partial charge in [0.05, 0.1) is 12.5 Å². The van der Waals surface area contributed by atoms with Crippen LogP contribution in [0.15, 0.2) is 18.2 Å². The highest BCUT2D eigenvalue weighted by Crippen LogP contribution is 2.32. The smallest absolute Gasteiger partial charge is 0.304 e. The minimum atomic E-state index is -0.859. The summed E-state index contributed by atoms with van der Waals surface area (Å²) in [5.41, 5.74) is 1.83. The average Bonchev–Trinajstić information content (AvgIpc) is 2.31. The summed E-state index contributed by atoms with van der Waals surface area (Å²) in [7, 11) is 0. The first-order chi connectivity index (χ1) is 8.97. The Morgan fingerprint density at radius 3 is 3.00 bits per heavy atom. The van der Waals surface area contributed by atoms with Gasteiger partial charge in [0.1, 0.15) is 18.5 Å². The quantitative estimate of drug-likeness (QED) is 0.763. The molecule has 19 heavy (non-hydrogen) atoms. The molecule has 0 spiro atoms. The lowest BCUT2D eigenvalue weighted by atomic mass is 9.97. The van der Waals surface area contributed by atoms with Crippen LogP contribution < -0.4 is 10.1 Å². The van der Waals surface area contributed by atoms with Crippen LogP contribution in [-0.4, -0.2) is 34.9 Å².